The van der Waals surface area contributed by atoms with Gasteiger partial charge in [0.25, 0.3) is 5.56 Å². The van der Waals surface area contributed by atoms with Gasteiger partial charge in [-0.1, -0.05) is 42.1 Å². The van der Waals surface area contributed by atoms with Crippen molar-refractivity contribution in [2.75, 3.05) is 19.8 Å². The van der Waals surface area contributed by atoms with Crippen LogP contribution in [0.2, 0.25) is 0 Å². The van der Waals surface area contributed by atoms with Crippen LogP contribution in [0.3, 0.4) is 0 Å². The molecule has 2 aromatic carbocycles. The summed E-state index contributed by atoms with van der Waals surface area (Å²) in [5, 5.41) is 10.2. The van der Waals surface area contributed by atoms with E-state index in [2.05, 4.69) is 16.3 Å². The molecule has 2 heterocycles. The van der Waals surface area contributed by atoms with E-state index in [1.807, 2.05) is 60.7 Å². The van der Waals surface area contributed by atoms with Gasteiger partial charge in [0.1, 0.15) is 5.75 Å². The quantitative estimate of drug-likeness (QED) is 0.273. The minimum absolute atomic E-state index is 0.0507. The lowest BCUT2D eigenvalue weighted by atomic mass is 10.2. The number of nitrogens with zero attached hydrogens (tertiary/aromatic N) is 4. The highest BCUT2D eigenvalue weighted by molar-refractivity contribution is 7.98. The van der Waals surface area contributed by atoms with Crippen LogP contribution in [0.15, 0.2) is 58.5 Å². The van der Waals surface area contributed by atoms with E-state index in [0.29, 0.717) is 43.3 Å². The molecule has 4 rings (SSSR count). The van der Waals surface area contributed by atoms with Gasteiger partial charge in [0, 0.05) is 31.1 Å². The second-order valence-corrected chi connectivity index (χ2v) is 7.91. The first-order chi connectivity index (χ1) is 15.2. The van der Waals surface area contributed by atoms with Crippen molar-refractivity contribution in [2.24, 2.45) is 0 Å². The normalized spacial score (nSPS) is 11.4. The summed E-state index contributed by atoms with van der Waals surface area (Å²) in [5.74, 6) is 2.12. The lowest BCUT2D eigenvalue weighted by molar-refractivity contribution is 0.141. The number of aryl methyl sites for hydroxylation is 1. The Kier molecular flexibility index (Phi) is 6.89. The molecule has 162 valence electrons. The average molecular weight is 439 g/mol. The zero-order valence-corrected chi connectivity index (χ0v) is 18.6. The first kappa shape index (κ1) is 21.4. The maximum Gasteiger partial charge on any atom is 0.262 e. The smallest absolute Gasteiger partial charge is 0.262 e. The summed E-state index contributed by atoms with van der Waals surface area (Å²) >= 11 is 1.58. The Morgan fingerprint density at radius 2 is 1.81 bits per heavy atom. The third-order valence-corrected chi connectivity index (χ3v) is 5.96. The van der Waals surface area contributed by atoms with Crippen molar-refractivity contribution in [1.29, 1.82) is 0 Å². The molecular formula is C23H26N4O3S. The summed E-state index contributed by atoms with van der Waals surface area (Å²) in [4.78, 5) is 13.1. The van der Waals surface area contributed by atoms with Crippen LogP contribution in [0, 0.1) is 0 Å². The van der Waals surface area contributed by atoms with Gasteiger partial charge in [0.05, 0.1) is 17.5 Å². The predicted octanol–water partition coefficient (Wildman–Crippen LogP) is 4.16. The van der Waals surface area contributed by atoms with Crippen molar-refractivity contribution in [3.05, 3.63) is 64.4 Å². The molecule has 0 aliphatic rings. The van der Waals surface area contributed by atoms with Gasteiger partial charge in [-0.25, -0.2) is 0 Å². The molecule has 0 amide bonds. The van der Waals surface area contributed by atoms with E-state index in [-0.39, 0.29) is 5.56 Å². The molecule has 8 heteroatoms. The average Bonchev–Trinajstić information content (AvgIpc) is 3.22. The molecule has 0 aliphatic carbocycles. The van der Waals surface area contributed by atoms with Gasteiger partial charge in [-0.15, -0.1) is 10.2 Å². The predicted molar refractivity (Wildman–Crippen MR) is 123 cm³/mol. The van der Waals surface area contributed by atoms with E-state index in [1.165, 1.54) is 0 Å². The minimum Gasteiger partial charge on any atom is -0.494 e. The number of fused-ring (bicyclic) bond motifs is 3. The molecule has 0 saturated carbocycles. The molecule has 0 unspecified atom stereocenters. The van der Waals surface area contributed by atoms with Gasteiger partial charge in [-0.3, -0.25) is 13.8 Å². The van der Waals surface area contributed by atoms with E-state index in [1.54, 1.807) is 16.3 Å². The zero-order valence-electron chi connectivity index (χ0n) is 17.8. The van der Waals surface area contributed by atoms with Crippen LogP contribution in [-0.4, -0.2) is 39.0 Å². The van der Waals surface area contributed by atoms with E-state index < -0.39 is 0 Å². The molecule has 0 bridgehead atoms. The fraction of sp³-hybridized carbons (Fsp3) is 0.348. The van der Waals surface area contributed by atoms with Crippen LogP contribution in [0.25, 0.3) is 16.7 Å². The van der Waals surface area contributed by atoms with Crippen molar-refractivity contribution in [2.45, 2.75) is 37.7 Å². The summed E-state index contributed by atoms with van der Waals surface area (Å²) in [5.41, 5.74) is 1.86. The number of aromatic nitrogens is 4. The Labute approximate surface area is 185 Å². The van der Waals surface area contributed by atoms with Crippen molar-refractivity contribution in [3.63, 3.8) is 0 Å². The molecule has 0 fully saturated rings. The molecule has 0 atom stereocenters. The number of thioether (sulfide) groups is 1. The van der Waals surface area contributed by atoms with Crippen molar-refractivity contribution in [1.82, 2.24) is 19.2 Å². The molecule has 0 radical (unpaired) electrons. The fourth-order valence-electron chi connectivity index (χ4n) is 3.56. The van der Waals surface area contributed by atoms with Crippen LogP contribution in [0.4, 0.5) is 0 Å². The molecule has 0 aliphatic heterocycles. The van der Waals surface area contributed by atoms with Gasteiger partial charge >= 0.3 is 0 Å². The Morgan fingerprint density at radius 3 is 2.65 bits per heavy atom. The monoisotopic (exact) mass is 438 g/mol. The largest absolute Gasteiger partial charge is 0.494 e. The molecule has 2 aromatic heterocycles. The first-order valence-electron chi connectivity index (χ1n) is 10.5. The molecule has 31 heavy (non-hydrogen) atoms. The van der Waals surface area contributed by atoms with Crippen LogP contribution >= 0.6 is 11.8 Å². The maximum absolute atomic E-state index is 13.1. The van der Waals surface area contributed by atoms with E-state index >= 15 is 0 Å². The van der Waals surface area contributed by atoms with Crippen LogP contribution in [-0.2, 0) is 17.0 Å². The van der Waals surface area contributed by atoms with Crippen LogP contribution in [0.5, 0.6) is 5.75 Å². The molecule has 0 saturated heterocycles. The number of rotatable bonds is 10. The first-order valence-corrected chi connectivity index (χ1v) is 11.5. The SMILES string of the molecule is CCOCCCn1c(=O)c2ccccc2n2c(SCc3ccccc3OCC)nnc12. The van der Waals surface area contributed by atoms with Gasteiger partial charge in [0.2, 0.25) is 5.78 Å². The van der Waals surface area contributed by atoms with Gasteiger partial charge < -0.3 is 9.47 Å². The standard InChI is InChI=1S/C23H26N4O3S/c1-3-29-15-9-14-26-21(28)18-11-6-7-12-19(18)27-22(26)24-25-23(27)31-16-17-10-5-8-13-20(17)30-4-2/h5-8,10-13H,3-4,9,14-16H2,1-2H3. The van der Waals surface area contributed by atoms with E-state index in [9.17, 15) is 4.79 Å². The van der Waals surface area contributed by atoms with Crippen molar-refractivity contribution in [3.8, 4) is 5.75 Å². The van der Waals surface area contributed by atoms with Crippen molar-refractivity contribution < 1.29 is 9.47 Å². The second kappa shape index (κ2) is 9.98. The van der Waals surface area contributed by atoms with Crippen molar-refractivity contribution >= 4 is 28.4 Å². The number of hydrogen-bond donors (Lipinski definition) is 0. The molecule has 0 N–H and O–H groups in total. The number of para-hydroxylation sites is 2. The summed E-state index contributed by atoms with van der Waals surface area (Å²) in [7, 11) is 0. The second-order valence-electron chi connectivity index (χ2n) is 6.97. The Morgan fingerprint density at radius 1 is 1.00 bits per heavy atom. The lowest BCUT2D eigenvalue weighted by Gasteiger charge is -2.12. The number of hydrogen-bond acceptors (Lipinski definition) is 6. The third kappa shape index (κ3) is 4.45. The van der Waals surface area contributed by atoms with Gasteiger partial charge in [0.15, 0.2) is 5.16 Å². The van der Waals surface area contributed by atoms with Gasteiger partial charge in [-0.05, 0) is 38.5 Å². The zero-order chi connectivity index (χ0) is 21.6. The summed E-state index contributed by atoms with van der Waals surface area (Å²) < 4.78 is 14.9. The summed E-state index contributed by atoms with van der Waals surface area (Å²) in [6.45, 7) is 6.36. The van der Waals surface area contributed by atoms with Crippen LogP contribution < -0.4 is 10.3 Å². The van der Waals surface area contributed by atoms with E-state index in [4.69, 9.17) is 9.47 Å². The lowest BCUT2D eigenvalue weighted by Crippen LogP contribution is -2.24. The number of ether oxygens (including phenoxy) is 2. The van der Waals surface area contributed by atoms with E-state index in [0.717, 1.165) is 28.4 Å². The Balaban J connectivity index is 1.72. The van der Waals surface area contributed by atoms with Gasteiger partial charge in [-0.2, -0.15) is 0 Å². The summed E-state index contributed by atoms with van der Waals surface area (Å²) in [6, 6.07) is 15.6. The highest BCUT2D eigenvalue weighted by Gasteiger charge is 2.17. The topological polar surface area (TPSA) is 70.7 Å². The maximum atomic E-state index is 13.1. The Hall–Kier alpha value is -2.84. The minimum atomic E-state index is -0.0507. The highest BCUT2D eigenvalue weighted by atomic mass is 32.2. The summed E-state index contributed by atoms with van der Waals surface area (Å²) in [6.07, 6.45) is 0.735. The highest BCUT2D eigenvalue weighted by Crippen LogP contribution is 2.28. The molecular weight excluding hydrogens is 412 g/mol. The molecule has 7 nitrogen and oxygen atoms in total. The molecule has 4 aromatic rings. The fourth-order valence-corrected chi connectivity index (χ4v) is 4.49. The Bertz CT molecular complexity index is 1230. The number of benzene rings is 2. The third-order valence-electron chi connectivity index (χ3n) is 4.98. The van der Waals surface area contributed by atoms with Crippen LogP contribution in [0.1, 0.15) is 25.8 Å². The molecule has 0 spiro atoms.